The molecule has 2 nitrogen and oxygen atoms in total. The van der Waals surface area contributed by atoms with Crippen molar-refractivity contribution in [3.63, 3.8) is 0 Å². The summed E-state index contributed by atoms with van der Waals surface area (Å²) in [5.41, 5.74) is 1.42. The molecule has 1 unspecified atom stereocenters. The van der Waals surface area contributed by atoms with Crippen LogP contribution in [0, 0.1) is 0 Å². The zero-order chi connectivity index (χ0) is 13.7. The van der Waals surface area contributed by atoms with Crippen LogP contribution in [0.15, 0.2) is 36.4 Å². The Labute approximate surface area is 115 Å². The zero-order valence-electron chi connectivity index (χ0n) is 12.1. The Bertz CT molecular complexity index is 536. The average molecular weight is 257 g/mol. The molecule has 0 fully saturated rings. The van der Waals surface area contributed by atoms with Crippen LogP contribution in [-0.4, -0.2) is 20.2 Å². The van der Waals surface area contributed by atoms with E-state index in [2.05, 4.69) is 42.6 Å². The number of benzene rings is 2. The number of rotatable bonds is 6. The number of methoxy groups -OCH3 is 1. The Morgan fingerprint density at radius 3 is 2.79 bits per heavy atom. The molecule has 19 heavy (non-hydrogen) atoms. The molecule has 0 aliphatic rings. The Kier molecular flexibility index (Phi) is 4.80. The van der Waals surface area contributed by atoms with Gasteiger partial charge in [0, 0.05) is 6.04 Å². The van der Waals surface area contributed by atoms with Gasteiger partial charge in [-0.2, -0.15) is 0 Å². The number of hydrogen-bond acceptors (Lipinski definition) is 2. The van der Waals surface area contributed by atoms with Crippen molar-refractivity contribution >= 4 is 10.8 Å². The molecule has 0 heterocycles. The lowest BCUT2D eigenvalue weighted by Crippen LogP contribution is -2.20. The molecule has 1 N–H and O–H groups in total. The standard InChI is InChI=1S/C17H23NO/c1-13(18-2)6-4-7-14-8-5-9-15-10-11-16(19-3)12-17(14)15/h5,8-13,18H,4,6-7H2,1-3H3. The summed E-state index contributed by atoms with van der Waals surface area (Å²) in [7, 11) is 3.74. The molecule has 0 radical (unpaired) electrons. The smallest absolute Gasteiger partial charge is 0.119 e. The summed E-state index contributed by atoms with van der Waals surface area (Å²) in [5.74, 6) is 0.934. The SMILES string of the molecule is CNC(C)CCCc1cccc2ccc(OC)cc12. The van der Waals surface area contributed by atoms with E-state index in [4.69, 9.17) is 4.74 Å². The fourth-order valence-corrected chi connectivity index (χ4v) is 2.40. The van der Waals surface area contributed by atoms with E-state index >= 15 is 0 Å². The van der Waals surface area contributed by atoms with E-state index in [1.807, 2.05) is 13.1 Å². The first-order valence-corrected chi connectivity index (χ1v) is 6.97. The average Bonchev–Trinajstić information content (AvgIpc) is 2.46. The molecule has 0 aliphatic carbocycles. The number of ether oxygens (including phenoxy) is 1. The summed E-state index contributed by atoms with van der Waals surface area (Å²) in [6.07, 6.45) is 3.53. The van der Waals surface area contributed by atoms with Crippen molar-refractivity contribution in [2.75, 3.05) is 14.2 Å². The van der Waals surface area contributed by atoms with Crippen LogP contribution in [0.4, 0.5) is 0 Å². The van der Waals surface area contributed by atoms with Gasteiger partial charge < -0.3 is 10.1 Å². The second kappa shape index (κ2) is 6.58. The fraction of sp³-hybridized carbons (Fsp3) is 0.412. The maximum atomic E-state index is 5.33. The Hall–Kier alpha value is -1.54. The Morgan fingerprint density at radius 1 is 1.21 bits per heavy atom. The van der Waals surface area contributed by atoms with Gasteiger partial charge in [-0.3, -0.25) is 0 Å². The number of aryl methyl sites for hydroxylation is 1. The van der Waals surface area contributed by atoms with Crippen molar-refractivity contribution in [3.8, 4) is 5.75 Å². The second-order valence-corrected chi connectivity index (χ2v) is 5.09. The maximum absolute atomic E-state index is 5.33. The molecule has 0 bridgehead atoms. The predicted molar refractivity (Wildman–Crippen MR) is 82.0 cm³/mol. The van der Waals surface area contributed by atoms with Crippen LogP contribution in [-0.2, 0) is 6.42 Å². The van der Waals surface area contributed by atoms with E-state index < -0.39 is 0 Å². The zero-order valence-corrected chi connectivity index (χ0v) is 12.1. The number of hydrogen-bond donors (Lipinski definition) is 1. The topological polar surface area (TPSA) is 21.3 Å². The van der Waals surface area contributed by atoms with Gasteiger partial charge in [-0.25, -0.2) is 0 Å². The summed E-state index contributed by atoms with van der Waals surface area (Å²) in [4.78, 5) is 0. The van der Waals surface area contributed by atoms with E-state index in [1.54, 1.807) is 7.11 Å². The summed E-state index contributed by atoms with van der Waals surface area (Å²) >= 11 is 0. The fourth-order valence-electron chi connectivity index (χ4n) is 2.40. The van der Waals surface area contributed by atoms with Gasteiger partial charge in [-0.15, -0.1) is 0 Å². The first-order chi connectivity index (χ1) is 9.24. The molecule has 0 saturated heterocycles. The molecule has 102 valence electrons. The normalized spacial score (nSPS) is 12.6. The van der Waals surface area contributed by atoms with Gasteiger partial charge in [0.2, 0.25) is 0 Å². The molecule has 0 spiro atoms. The van der Waals surface area contributed by atoms with Gasteiger partial charge >= 0.3 is 0 Å². The number of fused-ring (bicyclic) bond motifs is 1. The van der Waals surface area contributed by atoms with Crippen LogP contribution in [0.1, 0.15) is 25.3 Å². The molecule has 2 rings (SSSR count). The highest BCUT2D eigenvalue weighted by Crippen LogP contribution is 2.25. The van der Waals surface area contributed by atoms with Crippen LogP contribution in [0.25, 0.3) is 10.8 Å². The lowest BCUT2D eigenvalue weighted by molar-refractivity contribution is 0.415. The van der Waals surface area contributed by atoms with Crippen molar-refractivity contribution < 1.29 is 4.74 Å². The molecular weight excluding hydrogens is 234 g/mol. The van der Waals surface area contributed by atoms with Crippen molar-refractivity contribution in [1.29, 1.82) is 0 Å². The lowest BCUT2D eigenvalue weighted by Gasteiger charge is -2.11. The molecule has 0 aromatic heterocycles. The van der Waals surface area contributed by atoms with Crippen LogP contribution in [0.3, 0.4) is 0 Å². The third-order valence-electron chi connectivity index (χ3n) is 3.76. The lowest BCUT2D eigenvalue weighted by atomic mass is 9.99. The summed E-state index contributed by atoms with van der Waals surface area (Å²) in [6.45, 7) is 2.23. The molecule has 1 atom stereocenters. The monoisotopic (exact) mass is 257 g/mol. The molecule has 2 aromatic rings. The minimum Gasteiger partial charge on any atom is -0.497 e. The van der Waals surface area contributed by atoms with E-state index in [0.717, 1.165) is 12.2 Å². The number of nitrogens with one attached hydrogen (secondary N) is 1. The van der Waals surface area contributed by atoms with Crippen LogP contribution < -0.4 is 10.1 Å². The van der Waals surface area contributed by atoms with Gasteiger partial charge in [0.15, 0.2) is 0 Å². The summed E-state index contributed by atoms with van der Waals surface area (Å²) in [5, 5.41) is 5.90. The predicted octanol–water partition coefficient (Wildman–Crippen LogP) is 3.78. The molecule has 0 saturated carbocycles. The van der Waals surface area contributed by atoms with Crippen molar-refractivity contribution in [1.82, 2.24) is 5.32 Å². The van der Waals surface area contributed by atoms with Crippen molar-refractivity contribution in [2.45, 2.75) is 32.2 Å². The minimum atomic E-state index is 0.588. The second-order valence-electron chi connectivity index (χ2n) is 5.09. The quantitative estimate of drug-likeness (QED) is 0.850. The summed E-state index contributed by atoms with van der Waals surface area (Å²) < 4.78 is 5.33. The Balaban J connectivity index is 2.17. The highest BCUT2D eigenvalue weighted by molar-refractivity contribution is 5.87. The third kappa shape index (κ3) is 3.48. The Morgan fingerprint density at radius 2 is 2.05 bits per heavy atom. The van der Waals surface area contributed by atoms with E-state index in [1.165, 1.54) is 29.2 Å². The van der Waals surface area contributed by atoms with Gasteiger partial charge in [0.1, 0.15) is 5.75 Å². The molecule has 0 amide bonds. The molecular formula is C17H23NO. The van der Waals surface area contributed by atoms with Gasteiger partial charge in [0.05, 0.1) is 7.11 Å². The summed E-state index contributed by atoms with van der Waals surface area (Å²) in [6, 6.07) is 13.4. The first-order valence-electron chi connectivity index (χ1n) is 6.97. The van der Waals surface area contributed by atoms with Crippen LogP contribution in [0.2, 0.25) is 0 Å². The van der Waals surface area contributed by atoms with Crippen molar-refractivity contribution in [3.05, 3.63) is 42.0 Å². The van der Waals surface area contributed by atoms with Crippen molar-refractivity contribution in [2.24, 2.45) is 0 Å². The highest BCUT2D eigenvalue weighted by atomic mass is 16.5. The van der Waals surface area contributed by atoms with E-state index in [0.29, 0.717) is 6.04 Å². The van der Waals surface area contributed by atoms with Gasteiger partial charge in [0.25, 0.3) is 0 Å². The van der Waals surface area contributed by atoms with Crippen LogP contribution >= 0.6 is 0 Å². The van der Waals surface area contributed by atoms with Gasteiger partial charge in [-0.1, -0.05) is 24.3 Å². The van der Waals surface area contributed by atoms with E-state index in [-0.39, 0.29) is 0 Å². The highest BCUT2D eigenvalue weighted by Gasteiger charge is 2.04. The maximum Gasteiger partial charge on any atom is 0.119 e. The molecule has 0 aliphatic heterocycles. The van der Waals surface area contributed by atoms with Gasteiger partial charge in [-0.05, 0) is 61.7 Å². The minimum absolute atomic E-state index is 0.588. The van der Waals surface area contributed by atoms with E-state index in [9.17, 15) is 0 Å². The molecule has 2 heteroatoms. The first kappa shape index (κ1) is 13.9. The third-order valence-corrected chi connectivity index (χ3v) is 3.76. The molecule has 2 aromatic carbocycles. The van der Waals surface area contributed by atoms with Crippen LogP contribution in [0.5, 0.6) is 5.75 Å². The largest absolute Gasteiger partial charge is 0.497 e.